The highest BCUT2D eigenvalue weighted by molar-refractivity contribution is 6.03. The Bertz CT molecular complexity index is 752. The molecule has 1 heterocycles. The van der Waals surface area contributed by atoms with Gasteiger partial charge >= 0.3 is 0 Å². The Hall–Kier alpha value is -2.82. The summed E-state index contributed by atoms with van der Waals surface area (Å²) in [6.07, 6.45) is 0.268. The van der Waals surface area contributed by atoms with Crippen LogP contribution in [0, 0.1) is 0 Å². The second-order valence-electron chi connectivity index (χ2n) is 5.11. The number of hydrogen-bond donors (Lipinski definition) is 0. The molecule has 5 heteroatoms. The maximum atomic E-state index is 12.3. The Morgan fingerprint density at radius 3 is 2.40 bits per heavy atom. The number of carbonyl (C=O) groups excluding carboxylic acids is 2. The number of carbonyl (C=O) groups is 2. The first-order valence-electron chi connectivity index (χ1n) is 8.28. The van der Waals surface area contributed by atoms with Gasteiger partial charge in [0.15, 0.2) is 23.1 Å². The Balaban J connectivity index is 0.00000109. The summed E-state index contributed by atoms with van der Waals surface area (Å²) >= 11 is 0. The standard InChI is InChI=1S/C18H16O5.C2H6/c1-21-16-5-3-2-4-13(16)15(20)8-7-14(19)12-6-9-17-18(10-12)23-11-22-17;1-2/h2-6,9-10H,7-8,11H2,1H3;1-2H3. The first-order chi connectivity index (χ1) is 12.2. The molecule has 1 aliphatic rings. The van der Waals surface area contributed by atoms with Gasteiger partial charge in [-0.1, -0.05) is 26.0 Å². The molecule has 0 spiro atoms. The normalized spacial score (nSPS) is 11.3. The smallest absolute Gasteiger partial charge is 0.231 e. The van der Waals surface area contributed by atoms with E-state index < -0.39 is 0 Å². The molecule has 0 atom stereocenters. The number of fused-ring (bicyclic) bond motifs is 1. The van der Waals surface area contributed by atoms with Gasteiger partial charge in [-0.3, -0.25) is 9.59 Å². The molecule has 132 valence electrons. The van der Waals surface area contributed by atoms with Gasteiger partial charge in [0.2, 0.25) is 6.79 Å². The predicted molar refractivity (Wildman–Crippen MR) is 94.8 cm³/mol. The van der Waals surface area contributed by atoms with E-state index in [1.54, 1.807) is 42.5 Å². The highest BCUT2D eigenvalue weighted by Crippen LogP contribution is 2.33. The molecule has 1 aliphatic heterocycles. The SMILES string of the molecule is CC.COc1ccccc1C(=O)CCC(=O)c1ccc2c(c1)OCO2. The summed E-state index contributed by atoms with van der Waals surface area (Å²) in [5, 5.41) is 0. The van der Waals surface area contributed by atoms with Gasteiger partial charge in [-0.2, -0.15) is 0 Å². The molecular weight excluding hydrogens is 320 g/mol. The topological polar surface area (TPSA) is 61.8 Å². The summed E-state index contributed by atoms with van der Waals surface area (Å²) in [5.74, 6) is 1.50. The van der Waals surface area contributed by atoms with Gasteiger partial charge in [0.25, 0.3) is 0 Å². The summed E-state index contributed by atoms with van der Waals surface area (Å²) in [5.41, 5.74) is 1.01. The maximum Gasteiger partial charge on any atom is 0.231 e. The van der Waals surface area contributed by atoms with Crippen LogP contribution in [0.2, 0.25) is 0 Å². The zero-order valence-corrected chi connectivity index (χ0v) is 14.7. The second kappa shape index (κ2) is 8.87. The lowest BCUT2D eigenvalue weighted by Gasteiger charge is -2.07. The molecule has 0 bridgehead atoms. The van der Waals surface area contributed by atoms with E-state index in [0.29, 0.717) is 28.4 Å². The van der Waals surface area contributed by atoms with Crippen LogP contribution in [0.5, 0.6) is 17.2 Å². The van der Waals surface area contributed by atoms with Gasteiger partial charge in [-0.15, -0.1) is 0 Å². The van der Waals surface area contributed by atoms with Crippen LogP contribution < -0.4 is 14.2 Å². The molecule has 0 fully saturated rings. The van der Waals surface area contributed by atoms with Gasteiger partial charge in [0, 0.05) is 18.4 Å². The molecule has 0 unspecified atom stereocenters. The van der Waals surface area contributed by atoms with E-state index in [2.05, 4.69) is 0 Å². The number of ketones is 2. The lowest BCUT2D eigenvalue weighted by molar-refractivity contribution is 0.0915. The second-order valence-corrected chi connectivity index (χ2v) is 5.11. The molecule has 0 radical (unpaired) electrons. The fourth-order valence-electron chi connectivity index (χ4n) is 2.45. The number of Topliss-reactive ketones (excluding diaryl/α,β-unsaturated/α-hetero) is 2. The third-order valence-corrected chi connectivity index (χ3v) is 3.68. The molecule has 25 heavy (non-hydrogen) atoms. The number of hydrogen-bond acceptors (Lipinski definition) is 5. The van der Waals surface area contributed by atoms with E-state index >= 15 is 0 Å². The van der Waals surface area contributed by atoms with Crippen LogP contribution in [-0.2, 0) is 0 Å². The van der Waals surface area contributed by atoms with E-state index in [1.807, 2.05) is 13.8 Å². The first-order valence-corrected chi connectivity index (χ1v) is 8.28. The lowest BCUT2D eigenvalue weighted by Crippen LogP contribution is -2.06. The van der Waals surface area contributed by atoms with Crippen molar-refractivity contribution < 1.29 is 23.8 Å². The van der Waals surface area contributed by atoms with Gasteiger partial charge in [-0.05, 0) is 30.3 Å². The molecule has 0 N–H and O–H groups in total. The van der Waals surface area contributed by atoms with Crippen molar-refractivity contribution in [1.29, 1.82) is 0 Å². The third kappa shape index (κ3) is 4.38. The molecule has 2 aromatic rings. The molecule has 0 saturated carbocycles. The van der Waals surface area contributed by atoms with Crippen molar-refractivity contribution in [1.82, 2.24) is 0 Å². The van der Waals surface area contributed by atoms with Gasteiger partial charge in [0.1, 0.15) is 5.75 Å². The molecule has 0 aromatic heterocycles. The molecule has 5 nitrogen and oxygen atoms in total. The van der Waals surface area contributed by atoms with Gasteiger partial charge < -0.3 is 14.2 Å². The molecule has 3 rings (SSSR count). The average Bonchev–Trinajstić information content (AvgIpc) is 3.15. The highest BCUT2D eigenvalue weighted by atomic mass is 16.7. The van der Waals surface area contributed by atoms with Crippen LogP contribution in [0.25, 0.3) is 0 Å². The van der Waals surface area contributed by atoms with Crippen molar-refractivity contribution in [3.8, 4) is 17.2 Å². The maximum absolute atomic E-state index is 12.3. The Morgan fingerprint density at radius 1 is 0.960 bits per heavy atom. The highest BCUT2D eigenvalue weighted by Gasteiger charge is 2.18. The van der Waals surface area contributed by atoms with E-state index in [9.17, 15) is 9.59 Å². The van der Waals surface area contributed by atoms with Crippen molar-refractivity contribution in [2.24, 2.45) is 0 Å². The quantitative estimate of drug-likeness (QED) is 0.733. The summed E-state index contributed by atoms with van der Waals surface area (Å²) in [6, 6.07) is 12.0. The van der Waals surface area contributed by atoms with Crippen LogP contribution in [0.1, 0.15) is 47.4 Å². The van der Waals surface area contributed by atoms with Gasteiger partial charge in [0.05, 0.1) is 12.7 Å². The van der Waals surface area contributed by atoms with Crippen molar-refractivity contribution >= 4 is 11.6 Å². The molecule has 0 aliphatic carbocycles. The fourth-order valence-corrected chi connectivity index (χ4v) is 2.45. The largest absolute Gasteiger partial charge is 0.496 e. The van der Waals surface area contributed by atoms with Crippen LogP contribution in [0.15, 0.2) is 42.5 Å². The summed E-state index contributed by atoms with van der Waals surface area (Å²) in [4.78, 5) is 24.5. The number of methoxy groups -OCH3 is 1. The van der Waals surface area contributed by atoms with Crippen LogP contribution in [-0.4, -0.2) is 25.5 Å². The van der Waals surface area contributed by atoms with Crippen LogP contribution in [0.3, 0.4) is 0 Å². The molecule has 0 amide bonds. The van der Waals surface area contributed by atoms with Crippen LogP contribution in [0.4, 0.5) is 0 Å². The fraction of sp³-hybridized carbons (Fsp3) is 0.300. The molecular formula is C20H22O5. The predicted octanol–water partition coefficient (Wildman–Crippen LogP) is 4.30. The number of ether oxygens (including phenoxy) is 3. The summed E-state index contributed by atoms with van der Waals surface area (Å²) < 4.78 is 15.6. The van der Waals surface area contributed by atoms with E-state index in [1.165, 1.54) is 7.11 Å². The van der Waals surface area contributed by atoms with E-state index in [-0.39, 0.29) is 31.2 Å². The Labute approximate surface area is 147 Å². The Morgan fingerprint density at radius 2 is 1.64 bits per heavy atom. The summed E-state index contributed by atoms with van der Waals surface area (Å²) in [7, 11) is 1.52. The molecule has 0 saturated heterocycles. The molecule has 2 aromatic carbocycles. The minimum Gasteiger partial charge on any atom is -0.496 e. The third-order valence-electron chi connectivity index (χ3n) is 3.68. The number of benzene rings is 2. The number of rotatable bonds is 6. The van der Waals surface area contributed by atoms with Crippen molar-refractivity contribution in [3.63, 3.8) is 0 Å². The van der Waals surface area contributed by atoms with E-state index in [4.69, 9.17) is 14.2 Å². The van der Waals surface area contributed by atoms with Gasteiger partial charge in [-0.25, -0.2) is 0 Å². The summed E-state index contributed by atoms with van der Waals surface area (Å²) in [6.45, 7) is 4.17. The van der Waals surface area contributed by atoms with Crippen LogP contribution >= 0.6 is 0 Å². The number of para-hydroxylation sites is 1. The monoisotopic (exact) mass is 342 g/mol. The van der Waals surface area contributed by atoms with E-state index in [0.717, 1.165) is 0 Å². The minimum absolute atomic E-state index is 0.105. The average molecular weight is 342 g/mol. The zero-order valence-electron chi connectivity index (χ0n) is 14.7. The zero-order chi connectivity index (χ0) is 18.2. The first kappa shape index (κ1) is 18.5. The Kier molecular flexibility index (Phi) is 6.57. The van der Waals surface area contributed by atoms with Crippen molar-refractivity contribution in [2.75, 3.05) is 13.9 Å². The minimum atomic E-state index is -0.114. The van der Waals surface area contributed by atoms with Crippen molar-refractivity contribution in [2.45, 2.75) is 26.7 Å². The lowest BCUT2D eigenvalue weighted by atomic mass is 10.0. The van der Waals surface area contributed by atoms with Crippen molar-refractivity contribution in [3.05, 3.63) is 53.6 Å².